The Labute approximate surface area is 127 Å². The van der Waals surface area contributed by atoms with Crippen molar-refractivity contribution in [2.24, 2.45) is 5.92 Å². The quantitative estimate of drug-likeness (QED) is 0.854. The zero-order valence-electron chi connectivity index (χ0n) is 13.6. The largest absolute Gasteiger partial charge is 0.497 e. The molecule has 1 aromatic carbocycles. The van der Waals surface area contributed by atoms with Crippen molar-refractivity contribution in [3.63, 3.8) is 0 Å². The summed E-state index contributed by atoms with van der Waals surface area (Å²) in [6, 6.07) is 5.87. The van der Waals surface area contributed by atoms with E-state index in [0.29, 0.717) is 0 Å². The molecular weight excluding hydrogens is 264 g/mol. The van der Waals surface area contributed by atoms with Crippen molar-refractivity contribution in [1.82, 2.24) is 0 Å². The SMILES string of the molecule is COc1ccc(OC)c([C@@H]2C=C(C)CC[C@@H]2C(C)(C)O)c1. The van der Waals surface area contributed by atoms with E-state index in [1.54, 1.807) is 14.2 Å². The zero-order chi connectivity index (χ0) is 15.6. The Kier molecular flexibility index (Phi) is 4.62. The van der Waals surface area contributed by atoms with Crippen molar-refractivity contribution in [3.05, 3.63) is 35.4 Å². The number of rotatable bonds is 4. The van der Waals surface area contributed by atoms with Crippen molar-refractivity contribution in [2.75, 3.05) is 14.2 Å². The molecule has 0 fully saturated rings. The van der Waals surface area contributed by atoms with Crippen LogP contribution >= 0.6 is 0 Å². The van der Waals surface area contributed by atoms with Crippen molar-refractivity contribution < 1.29 is 14.6 Å². The number of hydrogen-bond donors (Lipinski definition) is 1. The average Bonchev–Trinajstić information content (AvgIpc) is 2.45. The van der Waals surface area contributed by atoms with E-state index in [4.69, 9.17) is 9.47 Å². The average molecular weight is 290 g/mol. The number of ether oxygens (including phenoxy) is 2. The highest BCUT2D eigenvalue weighted by atomic mass is 16.5. The van der Waals surface area contributed by atoms with E-state index in [1.165, 1.54) is 5.57 Å². The number of benzene rings is 1. The lowest BCUT2D eigenvalue weighted by atomic mass is 9.70. The van der Waals surface area contributed by atoms with Crippen molar-refractivity contribution in [1.29, 1.82) is 0 Å². The highest BCUT2D eigenvalue weighted by Crippen LogP contribution is 2.45. The van der Waals surface area contributed by atoms with Crippen LogP contribution in [0.15, 0.2) is 29.8 Å². The van der Waals surface area contributed by atoms with Gasteiger partial charge in [0.05, 0.1) is 19.8 Å². The van der Waals surface area contributed by atoms with Crippen LogP contribution in [0.3, 0.4) is 0 Å². The molecule has 2 atom stereocenters. The molecule has 0 aromatic heterocycles. The van der Waals surface area contributed by atoms with Gasteiger partial charge in [-0.25, -0.2) is 0 Å². The number of aliphatic hydroxyl groups is 1. The van der Waals surface area contributed by atoms with Crippen LogP contribution in [-0.2, 0) is 0 Å². The predicted molar refractivity (Wildman–Crippen MR) is 85.1 cm³/mol. The second kappa shape index (κ2) is 6.10. The van der Waals surface area contributed by atoms with Crippen molar-refractivity contribution in [3.8, 4) is 11.5 Å². The van der Waals surface area contributed by atoms with Crippen LogP contribution in [0, 0.1) is 5.92 Å². The fourth-order valence-corrected chi connectivity index (χ4v) is 3.27. The van der Waals surface area contributed by atoms with Gasteiger partial charge in [-0.2, -0.15) is 0 Å². The molecule has 0 saturated heterocycles. The normalized spacial score (nSPS) is 22.7. The fourth-order valence-electron chi connectivity index (χ4n) is 3.27. The van der Waals surface area contributed by atoms with Crippen molar-refractivity contribution >= 4 is 0 Å². The summed E-state index contributed by atoms with van der Waals surface area (Å²) in [5.74, 6) is 1.98. The lowest BCUT2D eigenvalue weighted by molar-refractivity contribution is 0.00440. The molecule has 116 valence electrons. The van der Waals surface area contributed by atoms with E-state index in [2.05, 4.69) is 13.0 Å². The first kappa shape index (κ1) is 15.9. The fraction of sp³-hybridized carbons (Fsp3) is 0.556. The first-order chi connectivity index (χ1) is 9.86. The van der Waals surface area contributed by atoms with Crippen LogP contribution in [0.1, 0.15) is 45.1 Å². The summed E-state index contributed by atoms with van der Waals surface area (Å²) in [6.45, 7) is 5.94. The van der Waals surface area contributed by atoms with E-state index in [-0.39, 0.29) is 11.8 Å². The van der Waals surface area contributed by atoms with Crippen molar-refractivity contribution in [2.45, 2.75) is 45.1 Å². The minimum absolute atomic E-state index is 0.142. The molecule has 0 unspecified atom stereocenters. The van der Waals surface area contributed by atoms with Crippen LogP contribution in [-0.4, -0.2) is 24.9 Å². The first-order valence-electron chi connectivity index (χ1n) is 7.48. The van der Waals surface area contributed by atoms with Crippen LogP contribution in [0.2, 0.25) is 0 Å². The summed E-state index contributed by atoms with van der Waals surface area (Å²) in [4.78, 5) is 0. The molecule has 2 rings (SSSR count). The third-order valence-corrected chi connectivity index (χ3v) is 4.45. The van der Waals surface area contributed by atoms with Gasteiger partial charge in [0.15, 0.2) is 0 Å². The maximum atomic E-state index is 10.5. The highest BCUT2D eigenvalue weighted by molar-refractivity contribution is 5.45. The van der Waals surface area contributed by atoms with Crippen LogP contribution < -0.4 is 9.47 Å². The van der Waals surface area contributed by atoms with Gasteiger partial charge in [-0.1, -0.05) is 11.6 Å². The first-order valence-corrected chi connectivity index (χ1v) is 7.48. The number of methoxy groups -OCH3 is 2. The maximum Gasteiger partial charge on any atom is 0.122 e. The Morgan fingerprint density at radius 3 is 2.48 bits per heavy atom. The second-order valence-corrected chi connectivity index (χ2v) is 6.45. The van der Waals surface area contributed by atoms with Crippen LogP contribution in [0.4, 0.5) is 0 Å². The molecule has 3 nitrogen and oxygen atoms in total. The summed E-state index contributed by atoms with van der Waals surface area (Å²) in [7, 11) is 3.35. The molecule has 1 aliphatic carbocycles. The maximum absolute atomic E-state index is 10.5. The molecule has 1 N–H and O–H groups in total. The monoisotopic (exact) mass is 290 g/mol. The van der Waals surface area contributed by atoms with E-state index < -0.39 is 5.60 Å². The van der Waals surface area contributed by atoms with Gasteiger partial charge in [0, 0.05) is 11.5 Å². The Balaban J connectivity index is 2.52. The zero-order valence-corrected chi connectivity index (χ0v) is 13.6. The van der Waals surface area contributed by atoms with Gasteiger partial charge in [-0.15, -0.1) is 0 Å². The molecule has 1 aliphatic rings. The van der Waals surface area contributed by atoms with E-state index in [0.717, 1.165) is 29.9 Å². The third-order valence-electron chi connectivity index (χ3n) is 4.45. The molecule has 0 heterocycles. The summed E-state index contributed by atoms with van der Waals surface area (Å²) in [6.07, 6.45) is 4.29. The standard InChI is InChI=1S/C18H26O3/c1-12-6-8-16(18(2,3)19)14(10-12)15-11-13(20-4)7-9-17(15)21-5/h7,9-11,14,16,19H,6,8H2,1-5H3/t14-,16-/m0/s1. The smallest absolute Gasteiger partial charge is 0.122 e. The predicted octanol–water partition coefficient (Wildman–Crippen LogP) is 3.91. The molecule has 0 bridgehead atoms. The Bertz CT molecular complexity index is 526. The van der Waals surface area contributed by atoms with Gasteiger partial charge < -0.3 is 14.6 Å². The summed E-state index contributed by atoms with van der Waals surface area (Å²) >= 11 is 0. The molecule has 21 heavy (non-hydrogen) atoms. The van der Waals surface area contributed by atoms with Crippen LogP contribution in [0.25, 0.3) is 0 Å². The van der Waals surface area contributed by atoms with Gasteiger partial charge in [-0.3, -0.25) is 0 Å². The number of hydrogen-bond acceptors (Lipinski definition) is 3. The lowest BCUT2D eigenvalue weighted by Gasteiger charge is -2.38. The number of allylic oxidation sites excluding steroid dienone is 2. The Morgan fingerprint density at radius 1 is 1.19 bits per heavy atom. The van der Waals surface area contributed by atoms with E-state index in [9.17, 15) is 5.11 Å². The van der Waals surface area contributed by atoms with Gasteiger partial charge in [0.1, 0.15) is 11.5 Å². The lowest BCUT2D eigenvalue weighted by Crippen LogP contribution is -2.36. The molecule has 0 radical (unpaired) electrons. The topological polar surface area (TPSA) is 38.7 Å². The summed E-state index contributed by atoms with van der Waals surface area (Å²) in [5, 5.41) is 10.5. The third kappa shape index (κ3) is 3.41. The van der Waals surface area contributed by atoms with Crippen LogP contribution in [0.5, 0.6) is 11.5 Å². The minimum atomic E-state index is -0.726. The van der Waals surface area contributed by atoms with E-state index in [1.807, 2.05) is 32.0 Å². The molecule has 1 aromatic rings. The highest BCUT2D eigenvalue weighted by Gasteiger charge is 2.37. The van der Waals surface area contributed by atoms with Gasteiger partial charge in [0.25, 0.3) is 0 Å². The minimum Gasteiger partial charge on any atom is -0.497 e. The molecule has 0 amide bonds. The Morgan fingerprint density at radius 2 is 1.90 bits per heavy atom. The summed E-state index contributed by atoms with van der Waals surface area (Å²) < 4.78 is 10.9. The molecule has 3 heteroatoms. The molecular formula is C18H26O3. The molecule has 0 spiro atoms. The van der Waals surface area contributed by atoms with Gasteiger partial charge in [0.2, 0.25) is 0 Å². The molecule has 0 aliphatic heterocycles. The van der Waals surface area contributed by atoms with E-state index >= 15 is 0 Å². The Hall–Kier alpha value is -1.48. The second-order valence-electron chi connectivity index (χ2n) is 6.45. The van der Waals surface area contributed by atoms with Gasteiger partial charge in [-0.05, 0) is 57.7 Å². The van der Waals surface area contributed by atoms with Gasteiger partial charge >= 0.3 is 0 Å². The molecule has 0 saturated carbocycles. The summed E-state index contributed by atoms with van der Waals surface area (Å²) in [5.41, 5.74) is 1.73.